The second-order valence-corrected chi connectivity index (χ2v) is 5.90. The average Bonchev–Trinajstić information content (AvgIpc) is 2.38. The van der Waals surface area contributed by atoms with Crippen LogP contribution in [0.3, 0.4) is 0 Å². The Balaban J connectivity index is 1.68. The van der Waals surface area contributed by atoms with E-state index in [1.807, 2.05) is 0 Å². The van der Waals surface area contributed by atoms with Crippen molar-refractivity contribution in [3.05, 3.63) is 12.2 Å². The molecule has 0 unspecified atom stereocenters. The lowest BCUT2D eigenvalue weighted by Crippen LogP contribution is -2.48. The molecule has 0 bridgehead atoms. The van der Waals surface area contributed by atoms with Crippen molar-refractivity contribution in [2.24, 2.45) is 5.41 Å². The number of methoxy groups -OCH3 is 1. The number of carbonyl (C=O) groups excluding carboxylic acids is 1. The lowest BCUT2D eigenvalue weighted by Gasteiger charge is -2.42. The van der Waals surface area contributed by atoms with Crippen molar-refractivity contribution in [2.75, 3.05) is 20.3 Å². The van der Waals surface area contributed by atoms with Gasteiger partial charge >= 0.3 is 6.03 Å². The SMILES string of the molecule is COCCC1(CNC(=O)N[C@H]2CC=CCC2)CCC1. The van der Waals surface area contributed by atoms with Crippen LogP contribution in [-0.4, -0.2) is 32.3 Å². The van der Waals surface area contributed by atoms with Crippen LogP contribution >= 0.6 is 0 Å². The van der Waals surface area contributed by atoms with E-state index >= 15 is 0 Å². The third kappa shape index (κ3) is 4.23. The summed E-state index contributed by atoms with van der Waals surface area (Å²) < 4.78 is 5.17. The predicted octanol–water partition coefficient (Wildman–Crippen LogP) is 2.60. The number of ether oxygens (including phenoxy) is 1. The summed E-state index contributed by atoms with van der Waals surface area (Å²) in [6.07, 6.45) is 12.2. The van der Waals surface area contributed by atoms with Crippen LogP contribution < -0.4 is 10.6 Å². The monoisotopic (exact) mass is 266 g/mol. The van der Waals surface area contributed by atoms with Gasteiger partial charge in [0.05, 0.1) is 0 Å². The van der Waals surface area contributed by atoms with Gasteiger partial charge in [-0.15, -0.1) is 0 Å². The average molecular weight is 266 g/mol. The van der Waals surface area contributed by atoms with Gasteiger partial charge in [0.15, 0.2) is 0 Å². The van der Waals surface area contributed by atoms with Crippen LogP contribution in [0.15, 0.2) is 12.2 Å². The minimum Gasteiger partial charge on any atom is -0.385 e. The first-order valence-corrected chi connectivity index (χ1v) is 7.42. The summed E-state index contributed by atoms with van der Waals surface area (Å²) in [7, 11) is 1.74. The molecule has 0 spiro atoms. The molecule has 0 aromatic carbocycles. The highest BCUT2D eigenvalue weighted by Crippen LogP contribution is 2.43. The lowest BCUT2D eigenvalue weighted by molar-refractivity contribution is 0.0710. The van der Waals surface area contributed by atoms with Crippen molar-refractivity contribution >= 4 is 6.03 Å². The molecule has 0 aromatic rings. The van der Waals surface area contributed by atoms with Crippen LogP contribution in [0, 0.1) is 5.41 Å². The quantitative estimate of drug-likeness (QED) is 0.726. The van der Waals surface area contributed by atoms with E-state index in [4.69, 9.17) is 4.74 Å². The standard InChI is InChI=1S/C15H26N2O2/c1-19-11-10-15(8-5-9-15)12-16-14(18)17-13-6-3-2-4-7-13/h2-3,13H,4-12H2,1H3,(H2,16,17,18)/t13-/m0/s1. The number of amides is 2. The zero-order chi connectivity index (χ0) is 13.6. The third-order valence-electron chi connectivity index (χ3n) is 4.48. The molecule has 108 valence electrons. The Morgan fingerprint density at radius 1 is 1.42 bits per heavy atom. The first kappa shape index (κ1) is 14.4. The molecule has 1 atom stereocenters. The van der Waals surface area contributed by atoms with E-state index in [-0.39, 0.29) is 6.03 Å². The second-order valence-electron chi connectivity index (χ2n) is 5.90. The van der Waals surface area contributed by atoms with E-state index in [2.05, 4.69) is 22.8 Å². The van der Waals surface area contributed by atoms with Crippen LogP contribution in [0.1, 0.15) is 44.9 Å². The van der Waals surface area contributed by atoms with Crippen molar-refractivity contribution in [3.8, 4) is 0 Å². The summed E-state index contributed by atoms with van der Waals surface area (Å²) in [5.74, 6) is 0. The van der Waals surface area contributed by atoms with Crippen molar-refractivity contribution < 1.29 is 9.53 Å². The topological polar surface area (TPSA) is 50.4 Å². The number of nitrogens with one attached hydrogen (secondary N) is 2. The molecule has 1 fully saturated rings. The van der Waals surface area contributed by atoms with E-state index < -0.39 is 0 Å². The number of allylic oxidation sites excluding steroid dienone is 1. The number of hydrogen-bond donors (Lipinski definition) is 2. The van der Waals surface area contributed by atoms with Gasteiger partial charge in [0.1, 0.15) is 0 Å². The van der Waals surface area contributed by atoms with E-state index in [1.54, 1.807) is 7.11 Å². The lowest BCUT2D eigenvalue weighted by atomic mass is 9.67. The van der Waals surface area contributed by atoms with E-state index in [9.17, 15) is 4.79 Å². The van der Waals surface area contributed by atoms with Crippen LogP contribution in [0.25, 0.3) is 0 Å². The fourth-order valence-electron chi connectivity index (χ4n) is 2.94. The maximum absolute atomic E-state index is 11.9. The van der Waals surface area contributed by atoms with Gasteiger partial charge in [-0.05, 0) is 43.9 Å². The van der Waals surface area contributed by atoms with Gasteiger partial charge in [-0.2, -0.15) is 0 Å². The number of carbonyl (C=O) groups is 1. The van der Waals surface area contributed by atoms with Crippen LogP contribution in [-0.2, 0) is 4.74 Å². The Bertz CT molecular complexity index is 324. The first-order valence-electron chi connectivity index (χ1n) is 7.42. The minimum absolute atomic E-state index is 0.0102. The van der Waals surface area contributed by atoms with E-state index in [0.29, 0.717) is 11.5 Å². The number of hydrogen-bond acceptors (Lipinski definition) is 2. The maximum atomic E-state index is 11.9. The summed E-state index contributed by atoms with van der Waals surface area (Å²) in [6.45, 7) is 1.57. The van der Waals surface area contributed by atoms with Crippen LogP contribution in [0.5, 0.6) is 0 Å². The van der Waals surface area contributed by atoms with Crippen LogP contribution in [0.4, 0.5) is 4.79 Å². The molecule has 0 heterocycles. The Morgan fingerprint density at radius 3 is 2.84 bits per heavy atom. The number of rotatable bonds is 6. The highest BCUT2D eigenvalue weighted by Gasteiger charge is 2.36. The normalized spacial score (nSPS) is 24.6. The summed E-state index contributed by atoms with van der Waals surface area (Å²) in [5.41, 5.74) is 0.291. The molecule has 2 amide bonds. The van der Waals surface area contributed by atoms with Gasteiger partial charge in [0.2, 0.25) is 0 Å². The summed E-state index contributed by atoms with van der Waals surface area (Å²) in [4.78, 5) is 11.9. The molecular weight excluding hydrogens is 240 g/mol. The molecule has 2 aliphatic rings. The predicted molar refractivity (Wildman–Crippen MR) is 76.1 cm³/mol. The Morgan fingerprint density at radius 2 is 2.26 bits per heavy atom. The highest BCUT2D eigenvalue weighted by atomic mass is 16.5. The van der Waals surface area contributed by atoms with Gasteiger partial charge in [-0.25, -0.2) is 4.79 Å². The third-order valence-corrected chi connectivity index (χ3v) is 4.48. The number of urea groups is 1. The van der Waals surface area contributed by atoms with Gasteiger partial charge in [-0.1, -0.05) is 18.6 Å². The molecule has 0 saturated heterocycles. The maximum Gasteiger partial charge on any atom is 0.315 e. The molecular formula is C15H26N2O2. The first-order chi connectivity index (χ1) is 9.24. The highest BCUT2D eigenvalue weighted by molar-refractivity contribution is 5.74. The van der Waals surface area contributed by atoms with E-state index in [1.165, 1.54) is 19.3 Å². The molecule has 2 aliphatic carbocycles. The van der Waals surface area contributed by atoms with Crippen molar-refractivity contribution in [1.29, 1.82) is 0 Å². The zero-order valence-electron chi connectivity index (χ0n) is 11.9. The van der Waals surface area contributed by atoms with Gasteiger partial charge in [0.25, 0.3) is 0 Å². The summed E-state index contributed by atoms with van der Waals surface area (Å²) in [5, 5.41) is 6.12. The fraction of sp³-hybridized carbons (Fsp3) is 0.800. The Kier molecular flexibility index (Phi) is 5.25. The molecule has 0 aromatic heterocycles. The molecule has 4 heteroatoms. The Labute approximate surface area is 116 Å². The smallest absolute Gasteiger partial charge is 0.315 e. The fourth-order valence-corrected chi connectivity index (χ4v) is 2.94. The Hall–Kier alpha value is -1.03. The van der Waals surface area contributed by atoms with Gasteiger partial charge in [0, 0.05) is 26.3 Å². The molecule has 0 radical (unpaired) electrons. The summed E-state index contributed by atoms with van der Waals surface area (Å²) in [6, 6.07) is 0.297. The molecule has 1 saturated carbocycles. The van der Waals surface area contributed by atoms with Crippen molar-refractivity contribution in [1.82, 2.24) is 10.6 Å². The van der Waals surface area contributed by atoms with Crippen LogP contribution in [0.2, 0.25) is 0 Å². The minimum atomic E-state index is -0.0102. The van der Waals surface area contributed by atoms with E-state index in [0.717, 1.165) is 38.8 Å². The molecule has 2 rings (SSSR count). The zero-order valence-corrected chi connectivity index (χ0v) is 11.9. The molecule has 4 nitrogen and oxygen atoms in total. The molecule has 0 aliphatic heterocycles. The largest absolute Gasteiger partial charge is 0.385 e. The second kappa shape index (κ2) is 6.94. The molecule has 19 heavy (non-hydrogen) atoms. The van der Waals surface area contributed by atoms with Crippen molar-refractivity contribution in [2.45, 2.75) is 51.0 Å². The van der Waals surface area contributed by atoms with Crippen molar-refractivity contribution in [3.63, 3.8) is 0 Å². The van der Waals surface area contributed by atoms with Gasteiger partial charge in [-0.3, -0.25) is 0 Å². The van der Waals surface area contributed by atoms with Gasteiger partial charge < -0.3 is 15.4 Å². The molecule has 2 N–H and O–H groups in total. The summed E-state index contributed by atoms with van der Waals surface area (Å²) >= 11 is 0.